The van der Waals surface area contributed by atoms with E-state index in [1.54, 1.807) is 5.56 Å². The van der Waals surface area contributed by atoms with Crippen LogP contribution < -0.4 is 18.9 Å². The third kappa shape index (κ3) is 2.47. The summed E-state index contributed by atoms with van der Waals surface area (Å²) >= 11 is 0. The molecule has 0 saturated heterocycles. The predicted octanol–water partition coefficient (Wildman–Crippen LogP) is 1.85. The van der Waals surface area contributed by atoms with Crippen LogP contribution in [0, 0.1) is 0 Å². The van der Waals surface area contributed by atoms with Crippen LogP contribution in [0.2, 0.25) is 18.1 Å². The maximum Gasteiger partial charge on any atom is 1.00 e. The molecule has 0 spiro atoms. The molecular formula is C15H22LiSi+. The summed E-state index contributed by atoms with van der Waals surface area (Å²) in [6.45, 7) is 7.19. The molecule has 1 atom stereocenters. The van der Waals surface area contributed by atoms with Crippen LogP contribution in [0.3, 0.4) is 0 Å². The van der Waals surface area contributed by atoms with Gasteiger partial charge in [-0.1, -0.05) is 75.3 Å². The van der Waals surface area contributed by atoms with Gasteiger partial charge in [0.25, 0.3) is 0 Å². The van der Waals surface area contributed by atoms with Crippen LogP contribution in [0.1, 0.15) is 37.4 Å². The van der Waals surface area contributed by atoms with Crippen LogP contribution in [-0.4, -0.2) is 8.07 Å². The summed E-state index contributed by atoms with van der Waals surface area (Å²) in [6, 6.07) is 13.2. The summed E-state index contributed by atoms with van der Waals surface area (Å²) in [5.41, 5.74) is 3.82. The third-order valence-electron chi connectivity index (χ3n) is 4.57. The summed E-state index contributed by atoms with van der Waals surface area (Å²) < 4.78 is 0. The van der Waals surface area contributed by atoms with Crippen LogP contribution >= 0.6 is 0 Å². The van der Waals surface area contributed by atoms with Crippen molar-refractivity contribution in [1.82, 2.24) is 0 Å². The Morgan fingerprint density at radius 1 is 1.00 bits per heavy atom. The number of hydrogen-bond acceptors (Lipinski definition) is 0. The second kappa shape index (κ2) is 6.09. The molecule has 0 radical (unpaired) electrons. The van der Waals surface area contributed by atoms with E-state index in [4.69, 9.17) is 0 Å². The van der Waals surface area contributed by atoms with Crippen molar-refractivity contribution in [2.75, 3.05) is 0 Å². The van der Waals surface area contributed by atoms with Crippen LogP contribution in [0.15, 0.2) is 30.3 Å². The van der Waals surface area contributed by atoms with Crippen molar-refractivity contribution in [3.05, 3.63) is 41.5 Å². The van der Waals surface area contributed by atoms with Gasteiger partial charge in [0.2, 0.25) is 0 Å². The van der Waals surface area contributed by atoms with E-state index in [0.29, 0.717) is 0 Å². The van der Waals surface area contributed by atoms with Gasteiger partial charge in [-0.25, -0.2) is 0 Å². The molecule has 1 aliphatic rings. The average molecular weight is 237 g/mol. The number of fused-ring (bicyclic) bond motifs is 1. The van der Waals surface area contributed by atoms with E-state index in [-0.39, 0.29) is 18.9 Å². The van der Waals surface area contributed by atoms with E-state index < -0.39 is 8.07 Å². The molecule has 0 saturated carbocycles. The second-order valence-electron chi connectivity index (χ2n) is 4.89. The quantitative estimate of drug-likeness (QED) is 0.701. The molecule has 1 aromatic carbocycles. The molecule has 0 nitrogen and oxygen atoms in total. The van der Waals surface area contributed by atoms with Crippen molar-refractivity contribution in [2.45, 2.75) is 44.4 Å². The zero-order valence-corrected chi connectivity index (χ0v) is 12.7. The Labute approximate surface area is 119 Å². The molecule has 0 fully saturated rings. The summed E-state index contributed by atoms with van der Waals surface area (Å²) in [7, 11) is -1.12. The molecular weight excluding hydrogens is 215 g/mol. The van der Waals surface area contributed by atoms with Gasteiger partial charge in [0.05, 0.1) is 8.07 Å². The number of benzene rings is 1. The first-order chi connectivity index (χ1) is 7.77. The Balaban J connectivity index is 0.00000144. The topological polar surface area (TPSA) is 0 Å². The van der Waals surface area contributed by atoms with E-state index in [1.165, 1.54) is 23.7 Å². The normalized spacial score (nSPS) is 17.7. The molecule has 2 rings (SSSR count). The molecule has 0 amide bonds. The van der Waals surface area contributed by atoms with Crippen molar-refractivity contribution in [1.29, 1.82) is 0 Å². The van der Waals surface area contributed by atoms with Gasteiger partial charge < -0.3 is 0 Å². The molecule has 1 aliphatic carbocycles. The average Bonchev–Trinajstić information content (AvgIpc) is 2.77. The number of allylic oxidation sites excluding steroid dienone is 1. The van der Waals surface area contributed by atoms with Crippen LogP contribution in [-0.2, 0) is 0 Å². The molecule has 1 aromatic rings. The van der Waals surface area contributed by atoms with Crippen molar-refractivity contribution < 1.29 is 18.9 Å². The van der Waals surface area contributed by atoms with Crippen LogP contribution in [0.4, 0.5) is 0 Å². The standard InChI is InChI=1S/C15H22Si.Li/c1-4-16(5-2,6-3)15-12-11-13-9-7-8-10-14(13)15;/h7-12,15H,4-6H2,1-3H3;/q;+1. The van der Waals surface area contributed by atoms with Gasteiger partial charge in [-0.15, -0.1) is 0 Å². The van der Waals surface area contributed by atoms with Crippen molar-refractivity contribution in [2.24, 2.45) is 0 Å². The maximum absolute atomic E-state index is 2.48. The van der Waals surface area contributed by atoms with E-state index >= 15 is 0 Å². The minimum atomic E-state index is -1.12. The van der Waals surface area contributed by atoms with Crippen molar-refractivity contribution >= 4 is 14.1 Å². The first-order valence-electron chi connectivity index (χ1n) is 6.54. The smallest absolute Gasteiger partial charge is 0.0791 e. The first kappa shape index (κ1) is 14.8. The fourth-order valence-electron chi connectivity index (χ4n) is 3.19. The zero-order valence-electron chi connectivity index (χ0n) is 11.7. The molecule has 0 N–H and O–H groups in total. The van der Waals surface area contributed by atoms with Crippen LogP contribution in [0.25, 0.3) is 6.08 Å². The monoisotopic (exact) mass is 237 g/mol. The largest absolute Gasteiger partial charge is 1.00 e. The van der Waals surface area contributed by atoms with E-state index in [9.17, 15) is 0 Å². The predicted molar refractivity (Wildman–Crippen MR) is 75.4 cm³/mol. The van der Waals surface area contributed by atoms with Gasteiger partial charge in [0.1, 0.15) is 0 Å². The van der Waals surface area contributed by atoms with Gasteiger partial charge in [-0.05, 0) is 16.7 Å². The van der Waals surface area contributed by atoms with Gasteiger partial charge in [-0.3, -0.25) is 0 Å². The van der Waals surface area contributed by atoms with E-state index in [1.807, 2.05) is 0 Å². The summed E-state index contributed by atoms with van der Waals surface area (Å²) in [5, 5.41) is 0. The Kier molecular flexibility index (Phi) is 5.32. The maximum atomic E-state index is 2.48. The summed E-state index contributed by atoms with van der Waals surface area (Å²) in [5.74, 6) is 0. The Morgan fingerprint density at radius 2 is 1.59 bits per heavy atom. The summed E-state index contributed by atoms with van der Waals surface area (Å²) in [6.07, 6.45) is 4.82. The van der Waals surface area contributed by atoms with Crippen molar-refractivity contribution in [3.8, 4) is 0 Å². The fourth-order valence-corrected chi connectivity index (χ4v) is 7.44. The molecule has 86 valence electrons. The number of hydrogen-bond donors (Lipinski definition) is 0. The zero-order chi connectivity index (χ0) is 11.6. The molecule has 0 aromatic heterocycles. The third-order valence-corrected chi connectivity index (χ3v) is 10.6. The molecule has 0 heterocycles. The number of rotatable bonds is 4. The molecule has 0 bridgehead atoms. The van der Waals surface area contributed by atoms with E-state index in [2.05, 4.69) is 57.2 Å². The van der Waals surface area contributed by atoms with Gasteiger partial charge in [0, 0.05) is 0 Å². The summed E-state index contributed by atoms with van der Waals surface area (Å²) in [4.78, 5) is 0. The Bertz CT molecular complexity index is 385. The minimum absolute atomic E-state index is 0. The molecule has 17 heavy (non-hydrogen) atoms. The van der Waals surface area contributed by atoms with Crippen molar-refractivity contribution in [3.63, 3.8) is 0 Å². The van der Waals surface area contributed by atoms with E-state index in [0.717, 1.165) is 5.54 Å². The fraction of sp³-hybridized carbons (Fsp3) is 0.467. The molecule has 0 aliphatic heterocycles. The minimum Gasteiger partial charge on any atom is -0.0791 e. The molecule has 2 heteroatoms. The Morgan fingerprint density at radius 3 is 2.18 bits per heavy atom. The van der Waals surface area contributed by atoms with Gasteiger partial charge in [-0.2, -0.15) is 0 Å². The molecule has 1 unspecified atom stereocenters. The van der Waals surface area contributed by atoms with Gasteiger partial charge in [0.15, 0.2) is 0 Å². The van der Waals surface area contributed by atoms with Crippen LogP contribution in [0.5, 0.6) is 0 Å². The second-order valence-corrected chi connectivity index (χ2v) is 10.4. The SMILES string of the molecule is CC[Si](CC)(CC)C1C=Cc2ccccc21.[Li+]. The first-order valence-corrected chi connectivity index (χ1v) is 9.24. The van der Waals surface area contributed by atoms with Gasteiger partial charge >= 0.3 is 18.9 Å². The Hall–Kier alpha value is -0.226.